The highest BCUT2D eigenvalue weighted by molar-refractivity contribution is 5.85. The topological polar surface area (TPSA) is 22.3 Å². The summed E-state index contributed by atoms with van der Waals surface area (Å²) >= 11 is 0. The summed E-state index contributed by atoms with van der Waals surface area (Å²) < 4.78 is 0. The highest BCUT2D eigenvalue weighted by Gasteiger charge is 2.38. The summed E-state index contributed by atoms with van der Waals surface area (Å²) in [6.45, 7) is 4.91. The van der Waals surface area contributed by atoms with Gasteiger partial charge in [-0.2, -0.15) is 0 Å². The molecule has 0 spiro atoms. The molecule has 2 aliphatic rings. The number of H-pyrrole nitrogens is 1. The number of likely N-dealkylation sites (tertiary alicyclic amines) is 1. The molecule has 1 aliphatic heterocycles. The standard InChI is InChI=1S/C18H25N3/c1-20(2)9-10-21-11-13-7-8-17-18(15(13)12-21)14-5-3-4-6-16(14)19-17/h3-6,13,15,19H,7-12H2,1-2H3/t13-,15-/m1/s1. The minimum Gasteiger partial charge on any atom is -0.358 e. The van der Waals surface area contributed by atoms with Crippen molar-refractivity contribution < 1.29 is 0 Å². The van der Waals surface area contributed by atoms with Gasteiger partial charge in [0.25, 0.3) is 0 Å². The van der Waals surface area contributed by atoms with Crippen LogP contribution >= 0.6 is 0 Å². The molecular formula is C18H25N3. The van der Waals surface area contributed by atoms with E-state index >= 15 is 0 Å². The largest absolute Gasteiger partial charge is 0.358 e. The number of rotatable bonds is 3. The molecule has 2 atom stereocenters. The zero-order valence-corrected chi connectivity index (χ0v) is 13.1. The first-order chi connectivity index (χ1) is 10.2. The van der Waals surface area contributed by atoms with Gasteiger partial charge in [-0.25, -0.2) is 0 Å². The van der Waals surface area contributed by atoms with E-state index in [1.54, 1.807) is 5.56 Å². The number of para-hydroxylation sites is 1. The van der Waals surface area contributed by atoms with Gasteiger partial charge in [0.1, 0.15) is 0 Å². The fourth-order valence-corrected chi connectivity index (χ4v) is 4.27. The Labute approximate surface area is 126 Å². The van der Waals surface area contributed by atoms with Crippen molar-refractivity contribution in [2.75, 3.05) is 40.3 Å². The van der Waals surface area contributed by atoms with Crippen LogP contribution in [0.1, 0.15) is 23.6 Å². The van der Waals surface area contributed by atoms with Crippen LogP contribution in [-0.4, -0.2) is 55.1 Å². The van der Waals surface area contributed by atoms with Crippen LogP contribution in [-0.2, 0) is 6.42 Å². The summed E-state index contributed by atoms with van der Waals surface area (Å²) in [6.07, 6.45) is 2.58. The molecule has 1 aromatic carbocycles. The predicted molar refractivity (Wildman–Crippen MR) is 87.8 cm³/mol. The Bertz CT molecular complexity index is 643. The number of hydrogen-bond acceptors (Lipinski definition) is 2. The van der Waals surface area contributed by atoms with Gasteiger partial charge in [0, 0.05) is 48.7 Å². The molecule has 1 N–H and O–H groups in total. The van der Waals surface area contributed by atoms with Gasteiger partial charge >= 0.3 is 0 Å². The van der Waals surface area contributed by atoms with Crippen molar-refractivity contribution in [1.29, 1.82) is 0 Å². The average Bonchev–Trinajstić information content (AvgIpc) is 3.04. The van der Waals surface area contributed by atoms with Crippen LogP contribution in [0.25, 0.3) is 10.9 Å². The lowest BCUT2D eigenvalue weighted by Gasteiger charge is -2.24. The molecule has 0 bridgehead atoms. The Morgan fingerprint density at radius 2 is 2.10 bits per heavy atom. The van der Waals surface area contributed by atoms with E-state index in [1.807, 2.05) is 0 Å². The predicted octanol–water partition coefficient (Wildman–Crippen LogP) is 2.69. The molecule has 0 radical (unpaired) electrons. The van der Waals surface area contributed by atoms with E-state index in [4.69, 9.17) is 0 Å². The maximum Gasteiger partial charge on any atom is 0.0459 e. The first kappa shape index (κ1) is 13.4. The maximum atomic E-state index is 3.67. The lowest BCUT2D eigenvalue weighted by molar-refractivity contribution is 0.274. The monoisotopic (exact) mass is 283 g/mol. The first-order valence-electron chi connectivity index (χ1n) is 8.19. The van der Waals surface area contributed by atoms with Crippen molar-refractivity contribution in [3.05, 3.63) is 35.5 Å². The molecule has 112 valence electrons. The highest BCUT2D eigenvalue weighted by Crippen LogP contribution is 2.44. The maximum absolute atomic E-state index is 3.67. The Morgan fingerprint density at radius 1 is 1.24 bits per heavy atom. The minimum absolute atomic E-state index is 0.743. The molecule has 1 aliphatic carbocycles. The van der Waals surface area contributed by atoms with Crippen molar-refractivity contribution >= 4 is 10.9 Å². The third-order valence-corrected chi connectivity index (χ3v) is 5.34. The zero-order chi connectivity index (χ0) is 14.4. The van der Waals surface area contributed by atoms with Gasteiger partial charge in [-0.1, -0.05) is 18.2 Å². The summed E-state index contributed by atoms with van der Waals surface area (Å²) in [5.74, 6) is 1.60. The number of aryl methyl sites for hydroxylation is 1. The number of hydrogen-bond donors (Lipinski definition) is 1. The van der Waals surface area contributed by atoms with E-state index in [0.717, 1.165) is 11.8 Å². The number of benzene rings is 1. The zero-order valence-electron chi connectivity index (χ0n) is 13.1. The average molecular weight is 283 g/mol. The van der Waals surface area contributed by atoms with E-state index < -0.39 is 0 Å². The number of nitrogens with one attached hydrogen (secondary N) is 1. The van der Waals surface area contributed by atoms with Gasteiger partial charge in [0.2, 0.25) is 0 Å². The lowest BCUT2D eigenvalue weighted by Crippen LogP contribution is -2.30. The van der Waals surface area contributed by atoms with E-state index in [2.05, 4.69) is 53.1 Å². The Morgan fingerprint density at radius 3 is 2.95 bits per heavy atom. The van der Waals surface area contributed by atoms with Crippen molar-refractivity contribution in [2.24, 2.45) is 5.92 Å². The fourth-order valence-electron chi connectivity index (χ4n) is 4.27. The fraction of sp³-hybridized carbons (Fsp3) is 0.556. The van der Waals surface area contributed by atoms with Crippen molar-refractivity contribution in [3.8, 4) is 0 Å². The van der Waals surface area contributed by atoms with Crippen LogP contribution < -0.4 is 0 Å². The first-order valence-corrected chi connectivity index (χ1v) is 8.19. The number of fused-ring (bicyclic) bond motifs is 5. The van der Waals surface area contributed by atoms with E-state index in [1.165, 1.54) is 55.6 Å². The molecule has 0 saturated carbocycles. The molecule has 2 aromatic rings. The normalized spacial score (nSPS) is 25.5. The smallest absolute Gasteiger partial charge is 0.0459 e. The molecule has 1 saturated heterocycles. The molecule has 0 amide bonds. The Kier molecular flexibility index (Phi) is 3.27. The second kappa shape index (κ2) is 5.15. The Hall–Kier alpha value is -1.32. The number of aromatic nitrogens is 1. The summed E-state index contributed by atoms with van der Waals surface area (Å²) in [4.78, 5) is 8.63. The van der Waals surface area contributed by atoms with Crippen LogP contribution in [0.2, 0.25) is 0 Å². The molecule has 3 nitrogen and oxygen atoms in total. The number of nitrogens with zero attached hydrogens (tertiary/aromatic N) is 2. The third-order valence-electron chi connectivity index (χ3n) is 5.34. The molecule has 0 unspecified atom stereocenters. The van der Waals surface area contributed by atoms with E-state index in [9.17, 15) is 0 Å². The van der Waals surface area contributed by atoms with Crippen molar-refractivity contribution in [3.63, 3.8) is 0 Å². The quantitative estimate of drug-likeness (QED) is 0.935. The number of aromatic amines is 1. The summed E-state index contributed by atoms with van der Waals surface area (Å²) in [5.41, 5.74) is 4.47. The summed E-state index contributed by atoms with van der Waals surface area (Å²) in [6, 6.07) is 8.84. The summed E-state index contributed by atoms with van der Waals surface area (Å²) in [5, 5.41) is 1.47. The van der Waals surface area contributed by atoms with Crippen LogP contribution in [0, 0.1) is 5.92 Å². The molecule has 4 rings (SSSR count). The van der Waals surface area contributed by atoms with Gasteiger partial charge in [-0.3, -0.25) is 0 Å². The third kappa shape index (κ3) is 2.29. The van der Waals surface area contributed by atoms with Crippen LogP contribution in [0.4, 0.5) is 0 Å². The molecule has 1 fully saturated rings. The van der Waals surface area contributed by atoms with Crippen LogP contribution in [0.3, 0.4) is 0 Å². The second-order valence-electron chi connectivity index (χ2n) is 7.03. The van der Waals surface area contributed by atoms with Crippen molar-refractivity contribution in [1.82, 2.24) is 14.8 Å². The van der Waals surface area contributed by atoms with Gasteiger partial charge in [-0.05, 0) is 44.5 Å². The van der Waals surface area contributed by atoms with Gasteiger partial charge in [-0.15, -0.1) is 0 Å². The molecular weight excluding hydrogens is 258 g/mol. The van der Waals surface area contributed by atoms with E-state index in [0.29, 0.717) is 0 Å². The molecule has 1 aromatic heterocycles. The SMILES string of the molecule is CN(C)CCN1C[C@H]2CCc3[nH]c4ccccc4c3[C@@H]2C1. The van der Waals surface area contributed by atoms with Gasteiger partial charge < -0.3 is 14.8 Å². The lowest BCUT2D eigenvalue weighted by atomic mass is 9.79. The van der Waals surface area contributed by atoms with Crippen LogP contribution in [0.5, 0.6) is 0 Å². The minimum atomic E-state index is 0.743. The van der Waals surface area contributed by atoms with Crippen LogP contribution in [0.15, 0.2) is 24.3 Å². The van der Waals surface area contributed by atoms with Gasteiger partial charge in [0.15, 0.2) is 0 Å². The molecule has 3 heteroatoms. The second-order valence-corrected chi connectivity index (χ2v) is 7.03. The number of likely N-dealkylation sites (N-methyl/N-ethyl adjacent to an activating group) is 1. The Balaban J connectivity index is 1.63. The molecule has 2 heterocycles. The molecule has 21 heavy (non-hydrogen) atoms. The van der Waals surface area contributed by atoms with Gasteiger partial charge in [0.05, 0.1) is 0 Å². The van der Waals surface area contributed by atoms with Crippen molar-refractivity contribution in [2.45, 2.75) is 18.8 Å². The highest BCUT2D eigenvalue weighted by atomic mass is 15.2. The summed E-state index contributed by atoms with van der Waals surface area (Å²) in [7, 11) is 4.34. The van der Waals surface area contributed by atoms with E-state index in [-0.39, 0.29) is 0 Å².